The van der Waals surface area contributed by atoms with Crippen molar-refractivity contribution in [1.82, 2.24) is 5.32 Å². The molecule has 3 unspecified atom stereocenters. The Hall–Kier alpha value is -4.08. The summed E-state index contributed by atoms with van der Waals surface area (Å²) in [7, 11) is 0. The van der Waals surface area contributed by atoms with Gasteiger partial charge in [0, 0.05) is 18.7 Å². The molecule has 3 atom stereocenters. The van der Waals surface area contributed by atoms with Crippen LogP contribution in [0.2, 0.25) is 0 Å². The van der Waals surface area contributed by atoms with E-state index in [9.17, 15) is 19.2 Å². The Morgan fingerprint density at radius 2 is 1.32 bits per heavy atom. The van der Waals surface area contributed by atoms with Gasteiger partial charge in [0.15, 0.2) is 0 Å². The van der Waals surface area contributed by atoms with Crippen molar-refractivity contribution >= 4 is 29.8 Å². The highest BCUT2D eigenvalue weighted by Gasteiger charge is 2.17. The summed E-state index contributed by atoms with van der Waals surface area (Å²) >= 11 is 0. The topological polar surface area (TPSA) is 129 Å². The maximum atomic E-state index is 12.1. The average molecular weight is 515 g/mol. The van der Waals surface area contributed by atoms with Crippen LogP contribution in [-0.4, -0.2) is 56.1 Å². The van der Waals surface area contributed by atoms with Gasteiger partial charge in [0.1, 0.15) is 25.4 Å². The zero-order chi connectivity index (χ0) is 27.0. The highest BCUT2D eigenvalue weighted by Crippen LogP contribution is 2.08. The molecule has 0 saturated heterocycles. The van der Waals surface area contributed by atoms with Crippen LogP contribution in [0.4, 0.5) is 15.3 Å². The van der Waals surface area contributed by atoms with Gasteiger partial charge in [-0.15, -0.1) is 0 Å². The van der Waals surface area contributed by atoms with Crippen molar-refractivity contribution in [3.05, 3.63) is 66.2 Å². The lowest BCUT2D eigenvalue weighted by Crippen LogP contribution is -2.34. The first-order valence-corrected chi connectivity index (χ1v) is 12.0. The summed E-state index contributed by atoms with van der Waals surface area (Å²) in [5.74, 6) is -1.12. The second-order valence-electron chi connectivity index (χ2n) is 8.64. The number of esters is 2. The Morgan fingerprint density at radius 1 is 0.730 bits per heavy atom. The highest BCUT2D eigenvalue weighted by molar-refractivity contribution is 5.84. The van der Waals surface area contributed by atoms with Crippen LogP contribution in [0.25, 0.3) is 0 Å². The molecule has 0 fully saturated rings. The number of anilines is 1. The van der Waals surface area contributed by atoms with Gasteiger partial charge in [0.05, 0.1) is 6.42 Å². The molecule has 0 aliphatic carbocycles. The van der Waals surface area contributed by atoms with Gasteiger partial charge in [-0.2, -0.15) is 0 Å². The van der Waals surface area contributed by atoms with Gasteiger partial charge in [-0.1, -0.05) is 55.5 Å². The zero-order valence-corrected chi connectivity index (χ0v) is 21.3. The number of hydrogen-bond acceptors (Lipinski definition) is 8. The molecule has 0 aromatic heterocycles. The van der Waals surface area contributed by atoms with E-state index < -0.39 is 36.3 Å². The quantitative estimate of drug-likeness (QED) is 0.302. The molecule has 200 valence electrons. The molecule has 2 aromatic rings. The van der Waals surface area contributed by atoms with Gasteiger partial charge in [0.2, 0.25) is 0 Å². The SMILES string of the molecule is CC(CNC(=O)OC(C)COC(=O)Cc1ccccc1)CC(=O)OC(C)COC(=O)Nc1ccccc1. The molecule has 0 bridgehead atoms. The number of carbonyl (C=O) groups is 4. The van der Waals surface area contributed by atoms with Gasteiger partial charge >= 0.3 is 24.1 Å². The van der Waals surface area contributed by atoms with Gasteiger partial charge in [-0.05, 0) is 37.5 Å². The van der Waals surface area contributed by atoms with Crippen LogP contribution >= 0.6 is 0 Å². The van der Waals surface area contributed by atoms with E-state index in [1.165, 1.54) is 0 Å². The predicted octanol–water partition coefficient (Wildman–Crippen LogP) is 4.09. The molecule has 10 heteroatoms. The average Bonchev–Trinajstić information content (AvgIpc) is 2.86. The Bertz CT molecular complexity index is 1000. The minimum atomic E-state index is -0.682. The first kappa shape index (κ1) is 29.2. The van der Waals surface area contributed by atoms with E-state index >= 15 is 0 Å². The molecule has 0 aliphatic rings. The Balaban J connectivity index is 1.56. The predicted molar refractivity (Wildman–Crippen MR) is 136 cm³/mol. The summed E-state index contributed by atoms with van der Waals surface area (Å²) in [6.45, 7) is 5.01. The van der Waals surface area contributed by atoms with Crippen molar-refractivity contribution in [2.24, 2.45) is 5.92 Å². The largest absolute Gasteiger partial charge is 0.461 e. The normalized spacial score (nSPS) is 12.8. The van der Waals surface area contributed by atoms with Gasteiger partial charge in [-0.25, -0.2) is 9.59 Å². The standard InChI is InChI=1S/C27H34N2O8/c1-19(14-25(31)36-20(2)18-35-27(33)29-23-12-8-5-9-13-23)16-28-26(32)37-21(3)17-34-24(30)15-22-10-6-4-7-11-22/h4-13,19-21H,14-18H2,1-3H3,(H,28,32)(H,29,33). The maximum Gasteiger partial charge on any atom is 0.411 e. The lowest BCUT2D eigenvalue weighted by molar-refractivity contribution is -0.151. The second-order valence-corrected chi connectivity index (χ2v) is 8.64. The van der Waals surface area contributed by atoms with Gasteiger partial charge in [0.25, 0.3) is 0 Å². The van der Waals surface area contributed by atoms with Crippen molar-refractivity contribution in [3.63, 3.8) is 0 Å². The van der Waals surface area contributed by atoms with E-state index in [-0.39, 0.29) is 38.5 Å². The Kier molecular flexibility index (Phi) is 12.5. The third-order valence-electron chi connectivity index (χ3n) is 4.89. The number of amides is 2. The van der Waals surface area contributed by atoms with Crippen molar-refractivity contribution < 1.29 is 38.1 Å². The fraction of sp³-hybridized carbons (Fsp3) is 0.407. The summed E-state index contributed by atoms with van der Waals surface area (Å²) in [6, 6.07) is 18.0. The molecule has 0 aliphatic heterocycles. The minimum Gasteiger partial charge on any atom is -0.461 e. The van der Waals surface area contributed by atoms with Gasteiger partial charge in [-0.3, -0.25) is 14.9 Å². The lowest BCUT2D eigenvalue weighted by Gasteiger charge is -2.17. The summed E-state index contributed by atoms with van der Waals surface area (Å²) < 4.78 is 20.6. The molecule has 2 aromatic carbocycles. The van der Waals surface area contributed by atoms with Crippen molar-refractivity contribution in [2.45, 2.75) is 45.8 Å². The lowest BCUT2D eigenvalue weighted by atomic mass is 10.1. The first-order valence-electron chi connectivity index (χ1n) is 12.0. The van der Waals surface area contributed by atoms with Gasteiger partial charge < -0.3 is 24.3 Å². The molecular formula is C27H34N2O8. The number of para-hydroxylation sites is 1. The Morgan fingerprint density at radius 3 is 2.00 bits per heavy atom. The van der Waals surface area contributed by atoms with E-state index in [2.05, 4.69) is 10.6 Å². The van der Waals surface area contributed by atoms with Crippen LogP contribution in [0.5, 0.6) is 0 Å². The van der Waals surface area contributed by atoms with E-state index in [0.29, 0.717) is 5.69 Å². The van der Waals surface area contributed by atoms with E-state index in [1.54, 1.807) is 45.0 Å². The molecular weight excluding hydrogens is 480 g/mol. The van der Waals surface area contributed by atoms with Crippen molar-refractivity contribution in [1.29, 1.82) is 0 Å². The van der Waals surface area contributed by atoms with Crippen LogP contribution in [0.15, 0.2) is 60.7 Å². The Labute approximate surface area is 216 Å². The summed E-state index contributed by atoms with van der Waals surface area (Å²) in [5.41, 5.74) is 1.43. The smallest absolute Gasteiger partial charge is 0.411 e. The van der Waals surface area contributed by atoms with E-state index in [1.807, 2.05) is 36.4 Å². The van der Waals surface area contributed by atoms with Crippen molar-refractivity contribution in [3.8, 4) is 0 Å². The monoisotopic (exact) mass is 514 g/mol. The zero-order valence-electron chi connectivity index (χ0n) is 21.3. The minimum absolute atomic E-state index is 0.0491. The number of benzene rings is 2. The van der Waals surface area contributed by atoms with Crippen LogP contribution in [0.3, 0.4) is 0 Å². The summed E-state index contributed by atoms with van der Waals surface area (Å²) in [4.78, 5) is 47.8. The van der Waals surface area contributed by atoms with E-state index in [0.717, 1.165) is 5.56 Å². The summed E-state index contributed by atoms with van der Waals surface area (Å²) in [6.07, 6.45) is -2.42. The third-order valence-corrected chi connectivity index (χ3v) is 4.89. The number of ether oxygens (including phenoxy) is 4. The maximum absolute atomic E-state index is 12.1. The molecule has 0 radical (unpaired) electrons. The molecule has 0 saturated carbocycles. The van der Waals surface area contributed by atoms with E-state index in [4.69, 9.17) is 18.9 Å². The van der Waals surface area contributed by atoms with Crippen LogP contribution in [0.1, 0.15) is 32.8 Å². The molecule has 2 amide bonds. The fourth-order valence-corrected chi connectivity index (χ4v) is 3.07. The third kappa shape index (κ3) is 13.0. The number of nitrogens with one attached hydrogen (secondary N) is 2. The fourth-order valence-electron chi connectivity index (χ4n) is 3.07. The first-order chi connectivity index (χ1) is 17.7. The number of hydrogen-bond donors (Lipinski definition) is 2. The van der Waals surface area contributed by atoms with Crippen LogP contribution < -0.4 is 10.6 Å². The molecule has 10 nitrogen and oxygen atoms in total. The molecule has 0 heterocycles. The number of alkyl carbamates (subject to hydrolysis) is 1. The molecule has 2 N–H and O–H groups in total. The number of rotatable bonds is 13. The summed E-state index contributed by atoms with van der Waals surface area (Å²) in [5, 5.41) is 5.14. The number of carbonyl (C=O) groups excluding carboxylic acids is 4. The van der Waals surface area contributed by atoms with Crippen LogP contribution in [-0.2, 0) is 35.0 Å². The van der Waals surface area contributed by atoms with Crippen molar-refractivity contribution in [2.75, 3.05) is 25.1 Å². The molecule has 0 spiro atoms. The highest BCUT2D eigenvalue weighted by atomic mass is 16.6. The molecule has 2 rings (SSSR count). The van der Waals surface area contributed by atoms with Crippen LogP contribution in [0, 0.1) is 5.92 Å². The second kappa shape index (κ2) is 15.8. The molecule has 37 heavy (non-hydrogen) atoms.